The number of aromatic amines is 1. The van der Waals surface area contributed by atoms with Crippen molar-refractivity contribution < 1.29 is 4.39 Å². The number of H-pyrrole nitrogens is 1. The lowest BCUT2D eigenvalue weighted by Crippen LogP contribution is -2.06. The van der Waals surface area contributed by atoms with Gasteiger partial charge in [-0.15, -0.1) is 0 Å². The monoisotopic (exact) mass is 254 g/mol. The van der Waals surface area contributed by atoms with E-state index >= 15 is 0 Å². The van der Waals surface area contributed by atoms with Crippen molar-refractivity contribution in [1.82, 2.24) is 4.98 Å². The van der Waals surface area contributed by atoms with Crippen LogP contribution in [0.5, 0.6) is 0 Å². The van der Waals surface area contributed by atoms with E-state index in [-0.39, 0.29) is 16.3 Å². The van der Waals surface area contributed by atoms with Gasteiger partial charge in [-0.3, -0.25) is 4.79 Å². The fourth-order valence-electron chi connectivity index (χ4n) is 1.56. The van der Waals surface area contributed by atoms with Crippen molar-refractivity contribution in [3.63, 3.8) is 0 Å². The third-order valence-corrected chi connectivity index (χ3v) is 2.48. The summed E-state index contributed by atoms with van der Waals surface area (Å²) in [7, 11) is 0. The minimum absolute atomic E-state index is 0.103. The maximum absolute atomic E-state index is 13.4. The van der Waals surface area contributed by atoms with Crippen molar-refractivity contribution in [3.05, 3.63) is 52.3 Å². The molecule has 92 valence electrons. The largest absolute Gasteiger partial charge is 0.360 e. The molecule has 2 rings (SSSR count). The maximum atomic E-state index is 13.4. The number of fused-ring (bicyclic) bond motifs is 1. The highest BCUT2D eigenvalue weighted by Crippen LogP contribution is 2.18. The Bertz CT molecular complexity index is 792. The molecule has 0 amide bonds. The molecule has 0 spiro atoms. The van der Waals surface area contributed by atoms with Gasteiger partial charge in [0.05, 0.1) is 5.39 Å². The Balaban J connectivity index is 2.47. The van der Waals surface area contributed by atoms with Gasteiger partial charge in [0, 0.05) is 23.5 Å². The number of aromatic nitrogens is 1. The van der Waals surface area contributed by atoms with Gasteiger partial charge in [0.15, 0.2) is 0 Å². The molecule has 1 aromatic heterocycles. The summed E-state index contributed by atoms with van der Waals surface area (Å²) in [5.41, 5.74) is -0.0373. The summed E-state index contributed by atoms with van der Waals surface area (Å²) in [5.74, 6) is -0.522. The van der Waals surface area contributed by atoms with Gasteiger partial charge in [-0.25, -0.2) is 4.39 Å². The second-order valence-electron chi connectivity index (χ2n) is 3.65. The van der Waals surface area contributed by atoms with E-state index in [9.17, 15) is 9.18 Å². The van der Waals surface area contributed by atoms with Crippen LogP contribution in [0.1, 0.15) is 0 Å². The Morgan fingerprint density at radius 3 is 2.74 bits per heavy atom. The Hall–Kier alpha value is -3.12. The number of rotatable bonds is 2. The summed E-state index contributed by atoms with van der Waals surface area (Å²) in [6.45, 7) is 0. The summed E-state index contributed by atoms with van der Waals surface area (Å²) in [6, 6.07) is 7.83. The van der Waals surface area contributed by atoms with Crippen LogP contribution in [0.25, 0.3) is 10.8 Å². The van der Waals surface area contributed by atoms with Gasteiger partial charge in [-0.1, -0.05) is 0 Å². The van der Waals surface area contributed by atoms with Crippen LogP contribution in [0.2, 0.25) is 0 Å². The zero-order valence-corrected chi connectivity index (χ0v) is 9.57. The minimum atomic E-state index is -0.522. The molecule has 0 aliphatic heterocycles. The average Bonchev–Trinajstić information content (AvgIpc) is 2.44. The molecular formula is C13H7FN4O. The summed E-state index contributed by atoms with van der Waals surface area (Å²) in [4.78, 5) is 13.8. The third-order valence-electron chi connectivity index (χ3n) is 2.48. The molecule has 1 aromatic carbocycles. The molecule has 0 unspecified atom stereocenters. The summed E-state index contributed by atoms with van der Waals surface area (Å²) in [6.07, 6.45) is 2.22. The minimum Gasteiger partial charge on any atom is -0.360 e. The Kier molecular flexibility index (Phi) is 3.26. The highest BCUT2D eigenvalue weighted by molar-refractivity contribution is 5.85. The fraction of sp³-hybridized carbons (Fsp3) is 0. The molecule has 19 heavy (non-hydrogen) atoms. The van der Waals surface area contributed by atoms with E-state index in [1.165, 1.54) is 18.3 Å². The number of allylic oxidation sites excluding steroid dienone is 1. The van der Waals surface area contributed by atoms with Crippen LogP contribution in [-0.2, 0) is 0 Å². The molecule has 0 aliphatic carbocycles. The van der Waals surface area contributed by atoms with Gasteiger partial charge in [0.2, 0.25) is 0 Å². The van der Waals surface area contributed by atoms with Crippen LogP contribution in [0, 0.1) is 28.5 Å². The predicted molar refractivity (Wildman–Crippen MR) is 67.5 cm³/mol. The third kappa shape index (κ3) is 2.43. The molecular weight excluding hydrogens is 247 g/mol. The second-order valence-corrected chi connectivity index (χ2v) is 3.65. The van der Waals surface area contributed by atoms with Crippen molar-refractivity contribution in [2.75, 3.05) is 5.32 Å². The number of nitrogens with zero attached hydrogens (tertiary/aromatic N) is 2. The summed E-state index contributed by atoms with van der Waals surface area (Å²) < 4.78 is 13.4. The van der Waals surface area contributed by atoms with Crippen LogP contribution in [0.4, 0.5) is 10.1 Å². The molecule has 0 saturated heterocycles. The Labute approximate surface area is 107 Å². The lowest BCUT2D eigenvalue weighted by atomic mass is 10.1. The number of pyridine rings is 1. The quantitative estimate of drug-likeness (QED) is 0.802. The van der Waals surface area contributed by atoms with E-state index < -0.39 is 11.4 Å². The summed E-state index contributed by atoms with van der Waals surface area (Å²) >= 11 is 0. The van der Waals surface area contributed by atoms with Crippen LogP contribution in [0.15, 0.2) is 41.0 Å². The molecule has 0 atom stereocenters. The number of halogens is 1. The van der Waals surface area contributed by atoms with Crippen molar-refractivity contribution >= 4 is 16.5 Å². The van der Waals surface area contributed by atoms with Crippen molar-refractivity contribution in [1.29, 1.82) is 10.5 Å². The first-order valence-electron chi connectivity index (χ1n) is 5.23. The molecule has 0 radical (unpaired) electrons. The van der Waals surface area contributed by atoms with Gasteiger partial charge in [0.1, 0.15) is 23.5 Å². The number of hydrogen-bond donors (Lipinski definition) is 2. The van der Waals surface area contributed by atoms with Crippen LogP contribution in [0.3, 0.4) is 0 Å². The van der Waals surface area contributed by atoms with E-state index in [0.717, 1.165) is 6.20 Å². The lowest BCUT2D eigenvalue weighted by molar-refractivity contribution is 0.633. The van der Waals surface area contributed by atoms with Crippen molar-refractivity contribution in [3.8, 4) is 12.1 Å². The van der Waals surface area contributed by atoms with Gasteiger partial charge in [0.25, 0.3) is 5.56 Å². The van der Waals surface area contributed by atoms with Gasteiger partial charge >= 0.3 is 0 Å². The van der Waals surface area contributed by atoms with Crippen molar-refractivity contribution in [2.45, 2.75) is 0 Å². The normalized spacial score (nSPS) is 9.42. The zero-order chi connectivity index (χ0) is 13.8. The molecule has 0 fully saturated rings. The zero-order valence-electron chi connectivity index (χ0n) is 9.57. The van der Waals surface area contributed by atoms with E-state index in [0.29, 0.717) is 5.69 Å². The average molecular weight is 254 g/mol. The van der Waals surface area contributed by atoms with Crippen LogP contribution < -0.4 is 10.9 Å². The van der Waals surface area contributed by atoms with Crippen LogP contribution >= 0.6 is 0 Å². The first kappa shape index (κ1) is 12.3. The SMILES string of the molecule is N#CC(C#N)=CNc1ccc2c(F)c[nH]c(=O)c2c1. The predicted octanol–water partition coefficient (Wildman–Crippen LogP) is 2.01. The van der Waals surface area contributed by atoms with E-state index in [1.807, 2.05) is 0 Å². The van der Waals surface area contributed by atoms with Gasteiger partial charge < -0.3 is 10.3 Å². The summed E-state index contributed by atoms with van der Waals surface area (Å²) in [5, 5.41) is 20.2. The molecule has 6 heteroatoms. The van der Waals surface area contributed by atoms with E-state index in [2.05, 4.69) is 10.3 Å². The van der Waals surface area contributed by atoms with Gasteiger partial charge in [-0.2, -0.15) is 10.5 Å². The molecule has 0 saturated carbocycles. The molecule has 2 N–H and O–H groups in total. The molecule has 2 aromatic rings. The fourth-order valence-corrected chi connectivity index (χ4v) is 1.56. The Morgan fingerprint density at radius 2 is 2.05 bits per heavy atom. The van der Waals surface area contributed by atoms with E-state index in [4.69, 9.17) is 10.5 Å². The Morgan fingerprint density at radius 1 is 1.32 bits per heavy atom. The lowest BCUT2D eigenvalue weighted by Gasteiger charge is -2.03. The topological polar surface area (TPSA) is 92.5 Å². The van der Waals surface area contributed by atoms with Gasteiger partial charge in [-0.05, 0) is 18.2 Å². The molecule has 5 nitrogen and oxygen atoms in total. The highest BCUT2D eigenvalue weighted by Gasteiger charge is 2.05. The van der Waals surface area contributed by atoms with E-state index in [1.54, 1.807) is 18.2 Å². The number of benzene rings is 1. The smallest absolute Gasteiger partial charge is 0.256 e. The molecule has 0 bridgehead atoms. The first-order valence-corrected chi connectivity index (χ1v) is 5.23. The molecule has 1 heterocycles. The number of nitriles is 2. The maximum Gasteiger partial charge on any atom is 0.256 e. The van der Waals surface area contributed by atoms with Crippen LogP contribution in [-0.4, -0.2) is 4.98 Å². The number of nitrogens with one attached hydrogen (secondary N) is 2. The molecule has 0 aliphatic rings. The standard InChI is InChI=1S/C13H7FN4O/c14-12-7-18-13(19)11-3-9(1-2-10(11)12)17-6-8(4-15)5-16/h1-3,6-7,17H,(H,18,19). The number of anilines is 1. The highest BCUT2D eigenvalue weighted by atomic mass is 19.1. The first-order chi connectivity index (χ1) is 9.15. The second kappa shape index (κ2) is 5.03. The number of hydrogen-bond acceptors (Lipinski definition) is 4. The van der Waals surface area contributed by atoms with Crippen molar-refractivity contribution in [2.24, 2.45) is 0 Å².